The molecule has 4 heteroatoms. The van der Waals surface area contributed by atoms with Gasteiger partial charge in [-0.15, -0.1) is 0 Å². The summed E-state index contributed by atoms with van der Waals surface area (Å²) in [7, 11) is 1.56. The third kappa shape index (κ3) is 3.39. The largest absolute Gasteiger partial charge is 0.496 e. The summed E-state index contributed by atoms with van der Waals surface area (Å²) in [6.45, 7) is 1.95. The number of halogens is 1. The Hall–Kier alpha value is -1.81. The minimum absolute atomic E-state index is 0.0690. The van der Waals surface area contributed by atoms with E-state index in [2.05, 4.69) is 21.2 Å². The van der Waals surface area contributed by atoms with Crippen molar-refractivity contribution in [3.8, 4) is 5.75 Å². The van der Waals surface area contributed by atoms with E-state index in [-0.39, 0.29) is 11.9 Å². The van der Waals surface area contributed by atoms with Crippen molar-refractivity contribution in [2.24, 2.45) is 0 Å². The zero-order valence-corrected chi connectivity index (χ0v) is 13.0. The molecule has 3 nitrogen and oxygen atoms in total. The smallest absolute Gasteiger partial charge is 0.255 e. The van der Waals surface area contributed by atoms with Crippen LogP contribution < -0.4 is 10.1 Å². The van der Waals surface area contributed by atoms with Gasteiger partial charge in [-0.2, -0.15) is 0 Å². The second kappa shape index (κ2) is 6.57. The fourth-order valence-corrected chi connectivity index (χ4v) is 2.21. The van der Waals surface area contributed by atoms with Gasteiger partial charge in [-0.05, 0) is 36.8 Å². The molecule has 0 bridgehead atoms. The van der Waals surface area contributed by atoms with Gasteiger partial charge in [0.05, 0.1) is 18.7 Å². The van der Waals surface area contributed by atoms with Gasteiger partial charge in [-0.3, -0.25) is 4.79 Å². The van der Waals surface area contributed by atoms with Gasteiger partial charge in [0.25, 0.3) is 5.91 Å². The number of nitrogens with one attached hydrogen (secondary N) is 1. The van der Waals surface area contributed by atoms with Gasteiger partial charge in [-0.1, -0.05) is 40.2 Å². The second-order valence-electron chi connectivity index (χ2n) is 4.45. The maximum absolute atomic E-state index is 12.3. The standard InChI is InChI=1S/C16H16BrNO2/c1-11(12-7-9-13(17)10-8-12)18-16(19)14-5-3-4-6-15(14)20-2/h3-11H,1-2H3,(H,18,19)/t11-/m0/s1. The van der Waals surface area contributed by atoms with Crippen molar-refractivity contribution in [1.82, 2.24) is 5.32 Å². The molecule has 0 saturated carbocycles. The summed E-state index contributed by atoms with van der Waals surface area (Å²) in [5.41, 5.74) is 1.59. The molecule has 0 aliphatic carbocycles. The number of benzene rings is 2. The van der Waals surface area contributed by atoms with Crippen molar-refractivity contribution in [3.05, 3.63) is 64.1 Å². The number of carbonyl (C=O) groups is 1. The minimum atomic E-state index is -0.141. The summed E-state index contributed by atoms with van der Waals surface area (Å²) in [5.74, 6) is 0.436. The fraction of sp³-hybridized carbons (Fsp3) is 0.188. The lowest BCUT2D eigenvalue weighted by molar-refractivity contribution is 0.0937. The molecule has 104 valence electrons. The molecule has 0 spiro atoms. The molecule has 1 atom stereocenters. The van der Waals surface area contributed by atoms with E-state index in [0.29, 0.717) is 11.3 Å². The van der Waals surface area contributed by atoms with Crippen molar-refractivity contribution < 1.29 is 9.53 Å². The first-order valence-corrected chi connectivity index (χ1v) is 7.10. The number of rotatable bonds is 4. The molecule has 2 aromatic rings. The van der Waals surface area contributed by atoms with Gasteiger partial charge in [0, 0.05) is 4.47 Å². The van der Waals surface area contributed by atoms with Crippen molar-refractivity contribution in [2.45, 2.75) is 13.0 Å². The van der Waals surface area contributed by atoms with Crippen LogP contribution in [-0.2, 0) is 0 Å². The molecule has 0 fully saturated rings. The van der Waals surface area contributed by atoms with Crippen LogP contribution in [0, 0.1) is 0 Å². The monoisotopic (exact) mass is 333 g/mol. The third-order valence-electron chi connectivity index (χ3n) is 3.07. The molecule has 2 rings (SSSR count). The van der Waals surface area contributed by atoms with Gasteiger partial charge in [0.15, 0.2) is 0 Å². The molecule has 0 unspecified atom stereocenters. The topological polar surface area (TPSA) is 38.3 Å². The van der Waals surface area contributed by atoms with E-state index in [1.807, 2.05) is 43.3 Å². The lowest BCUT2D eigenvalue weighted by Crippen LogP contribution is -2.27. The van der Waals surface area contributed by atoms with Gasteiger partial charge in [-0.25, -0.2) is 0 Å². The van der Waals surface area contributed by atoms with Crippen LogP contribution in [0.2, 0.25) is 0 Å². The van der Waals surface area contributed by atoms with Gasteiger partial charge in [0.1, 0.15) is 5.75 Å². The first-order valence-electron chi connectivity index (χ1n) is 6.31. The van der Waals surface area contributed by atoms with Gasteiger partial charge >= 0.3 is 0 Å². The van der Waals surface area contributed by atoms with E-state index in [4.69, 9.17) is 4.74 Å². The van der Waals surface area contributed by atoms with Crippen LogP contribution in [0.4, 0.5) is 0 Å². The molecular formula is C16H16BrNO2. The zero-order valence-electron chi connectivity index (χ0n) is 11.4. The van der Waals surface area contributed by atoms with Crippen molar-refractivity contribution in [3.63, 3.8) is 0 Å². The Kier molecular flexibility index (Phi) is 4.79. The average Bonchev–Trinajstić information content (AvgIpc) is 2.47. The SMILES string of the molecule is COc1ccccc1C(=O)N[C@@H](C)c1ccc(Br)cc1. The average molecular weight is 334 g/mol. The van der Waals surface area contributed by atoms with Crippen LogP contribution in [0.25, 0.3) is 0 Å². The third-order valence-corrected chi connectivity index (χ3v) is 3.60. The number of methoxy groups -OCH3 is 1. The maximum atomic E-state index is 12.3. The molecular weight excluding hydrogens is 318 g/mol. The van der Waals surface area contributed by atoms with Crippen molar-refractivity contribution >= 4 is 21.8 Å². The van der Waals surface area contributed by atoms with E-state index in [9.17, 15) is 4.79 Å². The van der Waals surface area contributed by atoms with Gasteiger partial charge in [0.2, 0.25) is 0 Å². The Morgan fingerprint density at radius 2 is 1.80 bits per heavy atom. The second-order valence-corrected chi connectivity index (χ2v) is 5.36. The quantitative estimate of drug-likeness (QED) is 0.919. The Bertz CT molecular complexity index is 596. The van der Waals surface area contributed by atoms with Crippen LogP contribution in [0.3, 0.4) is 0 Å². The number of para-hydroxylation sites is 1. The summed E-state index contributed by atoms with van der Waals surface area (Å²) in [6, 6.07) is 15.0. The van der Waals surface area contributed by atoms with Crippen molar-refractivity contribution in [2.75, 3.05) is 7.11 Å². The number of ether oxygens (including phenoxy) is 1. The molecule has 0 radical (unpaired) electrons. The van der Waals surface area contributed by atoms with E-state index in [1.54, 1.807) is 19.2 Å². The summed E-state index contributed by atoms with van der Waals surface area (Å²) in [6.07, 6.45) is 0. The summed E-state index contributed by atoms with van der Waals surface area (Å²) >= 11 is 3.40. The Morgan fingerprint density at radius 3 is 2.45 bits per heavy atom. The minimum Gasteiger partial charge on any atom is -0.496 e. The summed E-state index contributed by atoms with van der Waals surface area (Å²) in [4.78, 5) is 12.3. The van der Waals surface area contributed by atoms with E-state index < -0.39 is 0 Å². The lowest BCUT2D eigenvalue weighted by Gasteiger charge is -2.15. The first kappa shape index (κ1) is 14.6. The van der Waals surface area contributed by atoms with E-state index in [1.165, 1.54) is 0 Å². The van der Waals surface area contributed by atoms with Gasteiger partial charge < -0.3 is 10.1 Å². The normalized spacial score (nSPS) is 11.8. The number of hydrogen-bond acceptors (Lipinski definition) is 2. The first-order chi connectivity index (χ1) is 9.61. The Labute approximate surface area is 127 Å². The highest BCUT2D eigenvalue weighted by Crippen LogP contribution is 2.20. The fourth-order valence-electron chi connectivity index (χ4n) is 1.94. The molecule has 1 N–H and O–H groups in total. The predicted molar refractivity (Wildman–Crippen MR) is 83.0 cm³/mol. The van der Waals surface area contributed by atoms with Crippen LogP contribution in [0.1, 0.15) is 28.9 Å². The molecule has 0 aliphatic heterocycles. The highest BCUT2D eigenvalue weighted by Gasteiger charge is 2.14. The van der Waals surface area contributed by atoms with Crippen LogP contribution in [0.15, 0.2) is 53.0 Å². The maximum Gasteiger partial charge on any atom is 0.255 e. The lowest BCUT2D eigenvalue weighted by atomic mass is 10.1. The van der Waals surface area contributed by atoms with E-state index in [0.717, 1.165) is 10.0 Å². The molecule has 0 aromatic heterocycles. The van der Waals surface area contributed by atoms with Crippen LogP contribution >= 0.6 is 15.9 Å². The molecule has 0 saturated heterocycles. The predicted octanol–water partition coefficient (Wildman–Crippen LogP) is 3.95. The molecule has 20 heavy (non-hydrogen) atoms. The molecule has 1 amide bonds. The van der Waals surface area contributed by atoms with Crippen LogP contribution in [-0.4, -0.2) is 13.0 Å². The Balaban J connectivity index is 2.13. The molecule has 0 aliphatic rings. The highest BCUT2D eigenvalue weighted by molar-refractivity contribution is 9.10. The zero-order chi connectivity index (χ0) is 14.5. The number of amides is 1. The number of hydrogen-bond donors (Lipinski definition) is 1. The summed E-state index contributed by atoms with van der Waals surface area (Å²) in [5, 5.41) is 2.97. The summed E-state index contributed by atoms with van der Waals surface area (Å²) < 4.78 is 6.22. The number of carbonyl (C=O) groups excluding carboxylic acids is 1. The van der Waals surface area contributed by atoms with Crippen molar-refractivity contribution in [1.29, 1.82) is 0 Å². The Morgan fingerprint density at radius 1 is 1.15 bits per heavy atom. The highest BCUT2D eigenvalue weighted by atomic mass is 79.9. The van der Waals surface area contributed by atoms with Crippen LogP contribution in [0.5, 0.6) is 5.75 Å². The molecule has 0 heterocycles. The molecule has 2 aromatic carbocycles. The van der Waals surface area contributed by atoms with E-state index >= 15 is 0 Å².